The minimum Gasteiger partial charge on any atom is -0.496 e. The molecule has 0 radical (unpaired) electrons. The fourth-order valence-electron chi connectivity index (χ4n) is 1.47. The van der Waals surface area contributed by atoms with Crippen LogP contribution in [0, 0.1) is 0 Å². The van der Waals surface area contributed by atoms with Crippen LogP contribution < -0.4 is 61.6 Å². The average molecular weight is 316 g/mol. The third kappa shape index (κ3) is 8.02. The second-order valence-electron chi connectivity index (χ2n) is 3.92. The Balaban J connectivity index is 0.00000361. The van der Waals surface area contributed by atoms with Gasteiger partial charge < -0.3 is 27.2 Å². The van der Waals surface area contributed by atoms with Crippen LogP contribution in [0.4, 0.5) is 12.9 Å². The quantitative estimate of drug-likeness (QED) is 0.440. The number of ether oxygens (including phenoxy) is 3. The Labute approximate surface area is 159 Å². The maximum Gasteiger partial charge on any atom is 1.00 e. The van der Waals surface area contributed by atoms with E-state index in [0.29, 0.717) is 26.2 Å². The molecule has 1 aromatic carbocycles. The van der Waals surface area contributed by atoms with Crippen molar-refractivity contribution in [3.8, 4) is 5.75 Å². The van der Waals surface area contributed by atoms with Gasteiger partial charge in [-0.2, -0.15) is 0 Å². The van der Waals surface area contributed by atoms with E-state index in [2.05, 4.69) is 0 Å². The predicted molar refractivity (Wildman–Crippen MR) is 68.0 cm³/mol. The van der Waals surface area contributed by atoms with Gasteiger partial charge in [-0.15, -0.1) is 0 Å². The summed E-state index contributed by atoms with van der Waals surface area (Å²) in [5, 5.41) is 0. The minimum atomic E-state index is -5.05. The minimum absolute atomic E-state index is 0. The number of halogens is 3. The SMILES string of the molecule is COCCOCCCOc1ccccc1[B-](F)(F)F.[K+]. The molecule has 0 amide bonds. The summed E-state index contributed by atoms with van der Waals surface area (Å²) in [7, 11) is 1.57. The molecular weight excluding hydrogens is 299 g/mol. The van der Waals surface area contributed by atoms with Gasteiger partial charge in [-0.25, -0.2) is 0 Å². The van der Waals surface area contributed by atoms with Crippen molar-refractivity contribution < 1.29 is 78.5 Å². The predicted octanol–water partition coefficient (Wildman–Crippen LogP) is -0.823. The third-order valence-corrected chi connectivity index (χ3v) is 2.39. The van der Waals surface area contributed by atoms with E-state index in [4.69, 9.17) is 14.2 Å². The van der Waals surface area contributed by atoms with Gasteiger partial charge in [-0.05, 0) is 6.07 Å². The Morgan fingerprint density at radius 1 is 1.00 bits per heavy atom. The van der Waals surface area contributed by atoms with Crippen molar-refractivity contribution >= 4 is 12.4 Å². The molecule has 0 fully saturated rings. The topological polar surface area (TPSA) is 27.7 Å². The molecule has 0 aliphatic carbocycles. The monoisotopic (exact) mass is 316 g/mol. The van der Waals surface area contributed by atoms with Crippen LogP contribution >= 0.6 is 0 Å². The van der Waals surface area contributed by atoms with Gasteiger partial charge in [0.1, 0.15) is 0 Å². The molecule has 108 valence electrons. The normalized spacial score (nSPS) is 11.0. The van der Waals surface area contributed by atoms with Crippen LogP contribution in [0.3, 0.4) is 0 Å². The first-order valence-electron chi connectivity index (χ1n) is 6.04. The molecule has 0 atom stereocenters. The summed E-state index contributed by atoms with van der Waals surface area (Å²) in [5.41, 5.74) is -0.692. The zero-order valence-corrected chi connectivity index (χ0v) is 14.9. The summed E-state index contributed by atoms with van der Waals surface area (Å²) >= 11 is 0. The number of para-hydroxylation sites is 1. The molecule has 3 nitrogen and oxygen atoms in total. The van der Waals surface area contributed by atoms with Gasteiger partial charge >= 0.3 is 58.4 Å². The number of hydrogen-bond acceptors (Lipinski definition) is 3. The number of hydrogen-bond donors (Lipinski definition) is 0. The molecule has 0 spiro atoms. The molecule has 20 heavy (non-hydrogen) atoms. The summed E-state index contributed by atoms with van der Waals surface area (Å²) in [6.07, 6.45) is 0.531. The second-order valence-corrected chi connectivity index (χ2v) is 3.92. The van der Waals surface area contributed by atoms with Crippen LogP contribution in [0.5, 0.6) is 5.75 Å². The van der Waals surface area contributed by atoms with E-state index < -0.39 is 12.4 Å². The molecule has 0 unspecified atom stereocenters. The van der Waals surface area contributed by atoms with Crippen molar-refractivity contribution in [1.82, 2.24) is 0 Å². The molecular formula is C12H17BF3KO3. The third-order valence-electron chi connectivity index (χ3n) is 2.39. The Kier molecular flexibility index (Phi) is 11.3. The molecule has 0 aromatic heterocycles. The summed E-state index contributed by atoms with van der Waals surface area (Å²) in [4.78, 5) is 0. The van der Waals surface area contributed by atoms with Crippen LogP contribution in [0.2, 0.25) is 0 Å². The zero-order valence-electron chi connectivity index (χ0n) is 11.8. The van der Waals surface area contributed by atoms with Crippen LogP contribution in [-0.4, -0.2) is 40.5 Å². The number of benzene rings is 1. The first-order chi connectivity index (χ1) is 9.05. The van der Waals surface area contributed by atoms with Crippen LogP contribution in [0.1, 0.15) is 6.42 Å². The maximum atomic E-state index is 12.7. The summed E-state index contributed by atoms with van der Waals surface area (Å²) < 4.78 is 53.3. The van der Waals surface area contributed by atoms with Gasteiger partial charge in [0.05, 0.1) is 25.6 Å². The van der Waals surface area contributed by atoms with Gasteiger partial charge in [0, 0.05) is 20.1 Å². The largest absolute Gasteiger partial charge is 1.00 e. The number of rotatable bonds is 9. The average Bonchev–Trinajstić information content (AvgIpc) is 2.37. The van der Waals surface area contributed by atoms with Crippen LogP contribution in [-0.2, 0) is 9.47 Å². The Bertz CT molecular complexity index is 377. The smallest absolute Gasteiger partial charge is 0.496 e. The summed E-state index contributed by atoms with van der Waals surface area (Å²) in [5.74, 6) is -0.119. The second kappa shape index (κ2) is 11.1. The van der Waals surface area contributed by atoms with E-state index in [1.807, 2.05) is 0 Å². The van der Waals surface area contributed by atoms with E-state index in [0.717, 1.165) is 6.07 Å². The van der Waals surface area contributed by atoms with Crippen molar-refractivity contribution in [2.24, 2.45) is 0 Å². The van der Waals surface area contributed by atoms with Crippen molar-refractivity contribution in [3.05, 3.63) is 24.3 Å². The van der Waals surface area contributed by atoms with E-state index in [1.54, 1.807) is 7.11 Å². The van der Waals surface area contributed by atoms with Crippen LogP contribution in [0.15, 0.2) is 24.3 Å². The van der Waals surface area contributed by atoms with Gasteiger partial charge in [0.15, 0.2) is 0 Å². The summed E-state index contributed by atoms with van der Waals surface area (Å²) in [6, 6.07) is 5.24. The molecule has 0 aliphatic rings. The van der Waals surface area contributed by atoms with E-state index in [-0.39, 0.29) is 63.7 Å². The molecule has 0 bridgehead atoms. The molecule has 8 heteroatoms. The summed E-state index contributed by atoms with van der Waals surface area (Å²) in [6.45, 7) is -3.45. The fourth-order valence-corrected chi connectivity index (χ4v) is 1.47. The number of methoxy groups -OCH3 is 1. The van der Waals surface area contributed by atoms with Gasteiger partial charge in [0.2, 0.25) is 0 Å². The fraction of sp³-hybridized carbons (Fsp3) is 0.500. The standard InChI is InChI=1S/C12H17BF3O3.K/c1-17-9-10-18-7-4-8-19-12-6-3-2-5-11(12)13(14,15)16;/h2-3,5-6H,4,7-10H2,1H3;/q-1;+1. The molecule has 1 aromatic rings. The van der Waals surface area contributed by atoms with Gasteiger partial charge in [-0.3, -0.25) is 0 Å². The molecule has 0 aliphatic heterocycles. The van der Waals surface area contributed by atoms with E-state index in [9.17, 15) is 12.9 Å². The Morgan fingerprint density at radius 3 is 2.35 bits per heavy atom. The van der Waals surface area contributed by atoms with E-state index in [1.165, 1.54) is 18.2 Å². The molecule has 0 N–H and O–H groups in total. The first-order valence-corrected chi connectivity index (χ1v) is 6.04. The molecule has 1 rings (SSSR count). The molecule has 0 saturated carbocycles. The van der Waals surface area contributed by atoms with Crippen LogP contribution in [0.25, 0.3) is 0 Å². The van der Waals surface area contributed by atoms with Crippen molar-refractivity contribution in [1.29, 1.82) is 0 Å². The van der Waals surface area contributed by atoms with Gasteiger partial charge in [-0.1, -0.05) is 23.7 Å². The van der Waals surface area contributed by atoms with Crippen molar-refractivity contribution in [3.63, 3.8) is 0 Å². The van der Waals surface area contributed by atoms with Crippen molar-refractivity contribution in [2.45, 2.75) is 6.42 Å². The Morgan fingerprint density at radius 2 is 1.70 bits per heavy atom. The van der Waals surface area contributed by atoms with Crippen molar-refractivity contribution in [2.75, 3.05) is 33.5 Å². The molecule has 0 saturated heterocycles. The maximum absolute atomic E-state index is 12.7. The zero-order chi connectivity index (χ0) is 14.1. The van der Waals surface area contributed by atoms with E-state index >= 15 is 0 Å². The first kappa shape index (κ1) is 20.4. The van der Waals surface area contributed by atoms with Gasteiger partial charge in [0.25, 0.3) is 0 Å². The Hall–Kier alpha value is 0.431. The molecule has 0 heterocycles.